The average molecular weight is 308 g/mol. The number of carbonyl (C=O) groups is 1. The molecule has 1 aliphatic rings. The Morgan fingerprint density at radius 3 is 2.83 bits per heavy atom. The molecular formula is C18H20N4O. The topological polar surface area (TPSA) is 61.9 Å². The number of hydrogen-bond donors (Lipinski definition) is 0. The highest BCUT2D eigenvalue weighted by atomic mass is 16.2. The first-order chi connectivity index (χ1) is 11.3. The molecule has 0 N–H and O–H groups in total. The van der Waals surface area contributed by atoms with Gasteiger partial charge >= 0.3 is 0 Å². The van der Waals surface area contributed by atoms with Crippen LogP contribution in [0.15, 0.2) is 42.7 Å². The van der Waals surface area contributed by atoms with Crippen LogP contribution in [0.3, 0.4) is 0 Å². The predicted molar refractivity (Wildman–Crippen MR) is 86.4 cm³/mol. The summed E-state index contributed by atoms with van der Waals surface area (Å²) in [6.45, 7) is 1.58. The van der Waals surface area contributed by atoms with E-state index >= 15 is 0 Å². The molecule has 118 valence electrons. The lowest BCUT2D eigenvalue weighted by Gasteiger charge is -2.36. The Labute approximate surface area is 136 Å². The fourth-order valence-electron chi connectivity index (χ4n) is 3.12. The largest absolute Gasteiger partial charge is 0.338 e. The number of amides is 1. The van der Waals surface area contributed by atoms with Gasteiger partial charge < -0.3 is 4.90 Å². The zero-order chi connectivity index (χ0) is 16.1. The maximum Gasteiger partial charge on any atom is 0.227 e. The standard InChI is InChI=1S/C18H20N4O/c19-13-16-7-5-15(6-8-16)12-18(23)22-11-2-1-4-17(22)14-21-10-3-9-20-21/h3,5-10,17H,1-2,4,11-12,14H2. The molecule has 1 amide bonds. The van der Waals surface area contributed by atoms with Crippen molar-refractivity contribution in [1.29, 1.82) is 5.26 Å². The van der Waals surface area contributed by atoms with Crippen molar-refractivity contribution in [3.8, 4) is 6.07 Å². The number of likely N-dealkylation sites (tertiary alicyclic amines) is 1. The molecule has 0 radical (unpaired) electrons. The first-order valence-corrected chi connectivity index (χ1v) is 8.02. The summed E-state index contributed by atoms with van der Waals surface area (Å²) >= 11 is 0. The normalized spacial score (nSPS) is 17.7. The van der Waals surface area contributed by atoms with Crippen molar-refractivity contribution in [2.75, 3.05) is 6.54 Å². The molecule has 1 saturated heterocycles. The van der Waals surface area contributed by atoms with Crippen molar-refractivity contribution >= 4 is 5.91 Å². The number of nitrogens with zero attached hydrogens (tertiary/aromatic N) is 4. The first kappa shape index (κ1) is 15.3. The summed E-state index contributed by atoms with van der Waals surface area (Å²) in [5.74, 6) is 0.159. The summed E-state index contributed by atoms with van der Waals surface area (Å²) in [5, 5.41) is 13.1. The molecule has 1 aliphatic heterocycles. The molecule has 1 aromatic carbocycles. The van der Waals surface area contributed by atoms with Gasteiger partial charge in [0.25, 0.3) is 0 Å². The van der Waals surface area contributed by atoms with Gasteiger partial charge in [-0.1, -0.05) is 12.1 Å². The molecule has 2 aromatic rings. The van der Waals surface area contributed by atoms with Crippen LogP contribution in [0.4, 0.5) is 0 Å². The first-order valence-electron chi connectivity index (χ1n) is 8.02. The van der Waals surface area contributed by atoms with Gasteiger partial charge in [-0.15, -0.1) is 0 Å². The Bertz CT molecular complexity index is 685. The maximum atomic E-state index is 12.7. The minimum absolute atomic E-state index is 0.159. The van der Waals surface area contributed by atoms with Crippen LogP contribution in [0.5, 0.6) is 0 Å². The van der Waals surface area contributed by atoms with E-state index in [9.17, 15) is 4.79 Å². The Kier molecular flexibility index (Phi) is 4.72. The second kappa shape index (κ2) is 7.10. The molecule has 0 bridgehead atoms. The van der Waals surface area contributed by atoms with E-state index in [1.807, 2.05) is 34.0 Å². The van der Waals surface area contributed by atoms with Crippen LogP contribution in [0, 0.1) is 11.3 Å². The summed E-state index contributed by atoms with van der Waals surface area (Å²) in [5.41, 5.74) is 1.58. The van der Waals surface area contributed by atoms with E-state index in [2.05, 4.69) is 11.2 Å². The highest BCUT2D eigenvalue weighted by Crippen LogP contribution is 2.20. The molecule has 0 spiro atoms. The smallest absolute Gasteiger partial charge is 0.227 e. The van der Waals surface area contributed by atoms with Crippen molar-refractivity contribution < 1.29 is 4.79 Å². The molecule has 1 fully saturated rings. The van der Waals surface area contributed by atoms with Crippen LogP contribution in [0.25, 0.3) is 0 Å². The van der Waals surface area contributed by atoms with Crippen molar-refractivity contribution in [2.24, 2.45) is 0 Å². The third kappa shape index (κ3) is 3.78. The number of hydrogen-bond acceptors (Lipinski definition) is 3. The molecule has 5 heteroatoms. The van der Waals surface area contributed by atoms with E-state index in [0.717, 1.165) is 37.9 Å². The summed E-state index contributed by atoms with van der Waals surface area (Å²) in [4.78, 5) is 14.7. The monoisotopic (exact) mass is 308 g/mol. The molecule has 3 rings (SSSR count). The van der Waals surface area contributed by atoms with Crippen LogP contribution in [0.2, 0.25) is 0 Å². The Balaban J connectivity index is 1.66. The Morgan fingerprint density at radius 2 is 2.13 bits per heavy atom. The van der Waals surface area contributed by atoms with Crippen molar-refractivity contribution in [3.63, 3.8) is 0 Å². The van der Waals surface area contributed by atoms with Crippen molar-refractivity contribution in [2.45, 2.75) is 38.3 Å². The van der Waals surface area contributed by atoms with Gasteiger partial charge in [-0.2, -0.15) is 10.4 Å². The quantitative estimate of drug-likeness (QED) is 0.871. The minimum Gasteiger partial charge on any atom is -0.338 e. The number of rotatable bonds is 4. The van der Waals surface area contributed by atoms with Gasteiger partial charge in [0.1, 0.15) is 0 Å². The molecule has 1 atom stereocenters. The van der Waals surface area contributed by atoms with Gasteiger partial charge in [-0.25, -0.2) is 0 Å². The van der Waals surface area contributed by atoms with Gasteiger partial charge in [0.15, 0.2) is 0 Å². The molecule has 5 nitrogen and oxygen atoms in total. The lowest BCUT2D eigenvalue weighted by Crippen LogP contribution is -2.46. The van der Waals surface area contributed by atoms with E-state index in [-0.39, 0.29) is 11.9 Å². The van der Waals surface area contributed by atoms with Gasteiger partial charge in [0, 0.05) is 18.9 Å². The van der Waals surface area contributed by atoms with E-state index < -0.39 is 0 Å². The fourth-order valence-corrected chi connectivity index (χ4v) is 3.12. The number of carbonyl (C=O) groups excluding carboxylic acids is 1. The predicted octanol–water partition coefficient (Wildman–Crippen LogP) is 2.38. The third-order valence-electron chi connectivity index (χ3n) is 4.34. The molecule has 0 saturated carbocycles. The van der Waals surface area contributed by atoms with Crippen molar-refractivity contribution in [3.05, 3.63) is 53.9 Å². The zero-order valence-corrected chi connectivity index (χ0v) is 13.1. The SMILES string of the molecule is N#Cc1ccc(CC(=O)N2CCCCC2Cn2cccn2)cc1. The second-order valence-electron chi connectivity index (χ2n) is 5.95. The summed E-state index contributed by atoms with van der Waals surface area (Å²) in [6.07, 6.45) is 7.35. The van der Waals surface area contributed by atoms with Gasteiger partial charge in [-0.05, 0) is 43.0 Å². The van der Waals surface area contributed by atoms with Crippen LogP contribution in [-0.2, 0) is 17.8 Å². The second-order valence-corrected chi connectivity index (χ2v) is 5.95. The number of nitriles is 1. The zero-order valence-electron chi connectivity index (χ0n) is 13.1. The molecule has 1 unspecified atom stereocenters. The number of benzene rings is 1. The van der Waals surface area contributed by atoms with E-state index in [0.29, 0.717) is 12.0 Å². The van der Waals surface area contributed by atoms with Crippen LogP contribution in [-0.4, -0.2) is 33.2 Å². The van der Waals surface area contributed by atoms with Gasteiger partial charge in [0.2, 0.25) is 5.91 Å². The minimum atomic E-state index is 0.159. The third-order valence-corrected chi connectivity index (χ3v) is 4.34. The molecule has 2 heterocycles. The highest BCUT2D eigenvalue weighted by molar-refractivity contribution is 5.79. The highest BCUT2D eigenvalue weighted by Gasteiger charge is 2.26. The average Bonchev–Trinajstić information content (AvgIpc) is 3.09. The van der Waals surface area contributed by atoms with E-state index in [1.165, 1.54) is 0 Å². The van der Waals surface area contributed by atoms with Gasteiger partial charge in [-0.3, -0.25) is 9.48 Å². The Hall–Kier alpha value is -2.61. The van der Waals surface area contributed by atoms with E-state index in [4.69, 9.17) is 5.26 Å². The summed E-state index contributed by atoms with van der Waals surface area (Å²) < 4.78 is 1.90. The van der Waals surface area contributed by atoms with Crippen LogP contribution < -0.4 is 0 Å². The maximum absolute atomic E-state index is 12.7. The van der Waals surface area contributed by atoms with E-state index in [1.54, 1.807) is 18.3 Å². The lowest BCUT2D eigenvalue weighted by atomic mass is 10.0. The molecular weight excluding hydrogens is 288 g/mol. The van der Waals surface area contributed by atoms with Gasteiger partial charge in [0.05, 0.1) is 30.6 Å². The van der Waals surface area contributed by atoms with Crippen molar-refractivity contribution in [1.82, 2.24) is 14.7 Å². The fraction of sp³-hybridized carbons (Fsp3) is 0.389. The summed E-state index contributed by atoms with van der Waals surface area (Å²) in [6, 6.07) is 11.5. The number of aromatic nitrogens is 2. The molecule has 23 heavy (non-hydrogen) atoms. The molecule has 1 aromatic heterocycles. The molecule has 0 aliphatic carbocycles. The summed E-state index contributed by atoms with van der Waals surface area (Å²) in [7, 11) is 0. The van der Waals surface area contributed by atoms with Crippen LogP contribution in [0.1, 0.15) is 30.4 Å². The Morgan fingerprint density at radius 1 is 1.30 bits per heavy atom. The number of piperidine rings is 1. The van der Waals surface area contributed by atoms with Crippen LogP contribution >= 0.6 is 0 Å². The lowest BCUT2D eigenvalue weighted by molar-refractivity contribution is -0.134.